The molecule has 1 aliphatic rings. The molecular weight excluding hydrogens is 356 g/mol. The zero-order chi connectivity index (χ0) is 18.9. The molecule has 0 radical (unpaired) electrons. The molecule has 1 aromatic heterocycles. The molecular formula is C21H28N4OS. The van der Waals surface area contributed by atoms with Crippen molar-refractivity contribution in [1.82, 2.24) is 10.6 Å². The van der Waals surface area contributed by atoms with Gasteiger partial charge in [-0.15, -0.1) is 11.3 Å². The lowest BCUT2D eigenvalue weighted by Gasteiger charge is -2.26. The first kappa shape index (κ1) is 19.4. The van der Waals surface area contributed by atoms with Crippen molar-refractivity contribution < 1.29 is 4.79 Å². The minimum absolute atomic E-state index is 0.233. The van der Waals surface area contributed by atoms with E-state index in [-0.39, 0.29) is 5.91 Å². The van der Waals surface area contributed by atoms with E-state index in [9.17, 15) is 4.79 Å². The number of nitrogens with zero attached hydrogens (tertiary/aromatic N) is 2. The maximum atomic E-state index is 12.0. The predicted octanol–water partition coefficient (Wildman–Crippen LogP) is 3.56. The van der Waals surface area contributed by atoms with Crippen LogP contribution in [0, 0.1) is 0 Å². The minimum Gasteiger partial charge on any atom is -0.357 e. The van der Waals surface area contributed by atoms with Crippen LogP contribution in [0.1, 0.15) is 36.6 Å². The molecule has 27 heavy (non-hydrogen) atoms. The standard InChI is InChI=1S/C21H28N4OS/c1-2-22-21(23-13-12-19-6-5-15-27-19)24-16-17-8-10-18(11-9-17)25-14-4-3-7-20(25)26/h5-6,8-11,15H,2-4,7,12-14,16H2,1H3,(H2,22,23,24). The summed E-state index contributed by atoms with van der Waals surface area (Å²) < 4.78 is 0. The van der Waals surface area contributed by atoms with Crippen LogP contribution >= 0.6 is 11.3 Å². The fourth-order valence-electron chi connectivity index (χ4n) is 3.13. The van der Waals surface area contributed by atoms with Crippen LogP contribution in [-0.4, -0.2) is 31.5 Å². The van der Waals surface area contributed by atoms with E-state index in [1.807, 2.05) is 17.0 Å². The third kappa shape index (κ3) is 5.82. The van der Waals surface area contributed by atoms with Gasteiger partial charge in [0, 0.05) is 36.6 Å². The predicted molar refractivity (Wildman–Crippen MR) is 113 cm³/mol. The fraction of sp³-hybridized carbons (Fsp3) is 0.429. The number of benzene rings is 1. The number of hydrogen-bond donors (Lipinski definition) is 2. The largest absolute Gasteiger partial charge is 0.357 e. The van der Waals surface area contributed by atoms with Crippen LogP contribution in [0.2, 0.25) is 0 Å². The van der Waals surface area contributed by atoms with Crippen molar-refractivity contribution >= 4 is 28.9 Å². The van der Waals surface area contributed by atoms with Gasteiger partial charge in [-0.2, -0.15) is 0 Å². The Morgan fingerprint density at radius 2 is 2.04 bits per heavy atom. The average molecular weight is 385 g/mol. The van der Waals surface area contributed by atoms with E-state index in [2.05, 4.69) is 52.2 Å². The summed E-state index contributed by atoms with van der Waals surface area (Å²) in [5.41, 5.74) is 2.13. The van der Waals surface area contributed by atoms with Gasteiger partial charge in [0.25, 0.3) is 0 Å². The Morgan fingerprint density at radius 3 is 2.74 bits per heavy atom. The number of guanidine groups is 1. The number of carbonyl (C=O) groups excluding carboxylic acids is 1. The third-order valence-corrected chi connectivity index (χ3v) is 5.52. The van der Waals surface area contributed by atoms with Crippen molar-refractivity contribution in [2.24, 2.45) is 4.99 Å². The molecule has 2 heterocycles. The van der Waals surface area contributed by atoms with Crippen LogP contribution in [-0.2, 0) is 17.8 Å². The lowest BCUT2D eigenvalue weighted by atomic mass is 10.1. The molecule has 1 saturated heterocycles. The summed E-state index contributed by atoms with van der Waals surface area (Å²) in [6.45, 7) is 5.21. The van der Waals surface area contributed by atoms with E-state index in [1.54, 1.807) is 11.3 Å². The van der Waals surface area contributed by atoms with E-state index in [0.29, 0.717) is 13.0 Å². The molecule has 0 saturated carbocycles. The van der Waals surface area contributed by atoms with E-state index in [4.69, 9.17) is 0 Å². The van der Waals surface area contributed by atoms with E-state index in [0.717, 1.165) is 56.1 Å². The summed E-state index contributed by atoms with van der Waals surface area (Å²) in [6, 6.07) is 12.4. The zero-order valence-corrected chi connectivity index (χ0v) is 16.7. The second-order valence-corrected chi connectivity index (χ2v) is 7.65. The van der Waals surface area contributed by atoms with Gasteiger partial charge in [0.1, 0.15) is 0 Å². The van der Waals surface area contributed by atoms with Crippen LogP contribution in [0.5, 0.6) is 0 Å². The number of thiophene rings is 1. The highest BCUT2D eigenvalue weighted by Crippen LogP contribution is 2.21. The van der Waals surface area contributed by atoms with Gasteiger partial charge in [0.2, 0.25) is 5.91 Å². The first-order valence-corrected chi connectivity index (χ1v) is 10.6. The van der Waals surface area contributed by atoms with Gasteiger partial charge in [-0.05, 0) is 55.3 Å². The van der Waals surface area contributed by atoms with Crippen molar-refractivity contribution in [3.8, 4) is 0 Å². The number of nitrogens with one attached hydrogen (secondary N) is 2. The molecule has 1 amide bonds. The second kappa shape index (κ2) is 10.1. The molecule has 2 N–H and O–H groups in total. The van der Waals surface area contributed by atoms with Crippen molar-refractivity contribution in [3.63, 3.8) is 0 Å². The highest BCUT2D eigenvalue weighted by atomic mass is 32.1. The van der Waals surface area contributed by atoms with Crippen LogP contribution in [0.15, 0.2) is 46.8 Å². The Balaban J connectivity index is 1.54. The number of hydrogen-bond acceptors (Lipinski definition) is 3. The maximum absolute atomic E-state index is 12.0. The Bertz CT molecular complexity index is 740. The van der Waals surface area contributed by atoms with Gasteiger partial charge in [0.15, 0.2) is 5.96 Å². The average Bonchev–Trinajstić information content (AvgIpc) is 3.20. The first-order chi connectivity index (χ1) is 13.3. The van der Waals surface area contributed by atoms with Crippen LogP contribution in [0.3, 0.4) is 0 Å². The molecule has 1 aromatic carbocycles. The number of piperidine rings is 1. The molecule has 0 bridgehead atoms. The normalized spacial score (nSPS) is 15.1. The molecule has 5 nitrogen and oxygen atoms in total. The molecule has 0 atom stereocenters. The summed E-state index contributed by atoms with van der Waals surface area (Å²) >= 11 is 1.78. The lowest BCUT2D eigenvalue weighted by Crippen LogP contribution is -2.38. The zero-order valence-electron chi connectivity index (χ0n) is 15.9. The Hall–Kier alpha value is -2.34. The van der Waals surface area contributed by atoms with Gasteiger partial charge in [-0.3, -0.25) is 4.79 Å². The molecule has 3 rings (SSSR count). The molecule has 0 spiro atoms. The summed E-state index contributed by atoms with van der Waals surface area (Å²) in [4.78, 5) is 20.0. The summed E-state index contributed by atoms with van der Waals surface area (Å²) in [7, 11) is 0. The molecule has 2 aromatic rings. The van der Waals surface area contributed by atoms with Crippen molar-refractivity contribution in [2.75, 3.05) is 24.5 Å². The first-order valence-electron chi connectivity index (χ1n) is 9.70. The molecule has 1 fully saturated rings. The number of anilines is 1. The highest BCUT2D eigenvalue weighted by Gasteiger charge is 2.19. The Labute approximate surface area is 165 Å². The quantitative estimate of drug-likeness (QED) is 0.567. The number of carbonyl (C=O) groups is 1. The number of amides is 1. The van der Waals surface area contributed by atoms with Crippen LogP contribution in [0.25, 0.3) is 0 Å². The Kier molecular flexibility index (Phi) is 7.27. The van der Waals surface area contributed by atoms with E-state index in [1.165, 1.54) is 4.88 Å². The molecule has 0 unspecified atom stereocenters. The van der Waals surface area contributed by atoms with Crippen molar-refractivity contribution in [3.05, 3.63) is 52.2 Å². The third-order valence-electron chi connectivity index (χ3n) is 4.58. The van der Waals surface area contributed by atoms with Crippen LogP contribution in [0.4, 0.5) is 5.69 Å². The topological polar surface area (TPSA) is 56.7 Å². The van der Waals surface area contributed by atoms with Gasteiger partial charge in [-0.25, -0.2) is 4.99 Å². The van der Waals surface area contributed by atoms with Gasteiger partial charge >= 0.3 is 0 Å². The van der Waals surface area contributed by atoms with Crippen LogP contribution < -0.4 is 15.5 Å². The van der Waals surface area contributed by atoms with Gasteiger partial charge in [-0.1, -0.05) is 18.2 Å². The highest BCUT2D eigenvalue weighted by molar-refractivity contribution is 7.09. The molecule has 1 aliphatic heterocycles. The molecule has 144 valence electrons. The minimum atomic E-state index is 0.233. The summed E-state index contributed by atoms with van der Waals surface area (Å²) in [5.74, 6) is 1.07. The van der Waals surface area contributed by atoms with Gasteiger partial charge in [0.05, 0.1) is 6.54 Å². The second-order valence-electron chi connectivity index (χ2n) is 6.62. The molecule has 0 aliphatic carbocycles. The maximum Gasteiger partial charge on any atom is 0.226 e. The van der Waals surface area contributed by atoms with Gasteiger partial charge < -0.3 is 15.5 Å². The van der Waals surface area contributed by atoms with E-state index < -0.39 is 0 Å². The molecule has 6 heteroatoms. The summed E-state index contributed by atoms with van der Waals surface area (Å²) in [5, 5.41) is 8.79. The number of rotatable bonds is 7. The van der Waals surface area contributed by atoms with Crippen molar-refractivity contribution in [2.45, 2.75) is 39.2 Å². The summed E-state index contributed by atoms with van der Waals surface area (Å²) in [6.07, 6.45) is 3.76. The Morgan fingerprint density at radius 1 is 1.19 bits per heavy atom. The lowest BCUT2D eigenvalue weighted by molar-refractivity contribution is -0.119. The fourth-order valence-corrected chi connectivity index (χ4v) is 3.84. The van der Waals surface area contributed by atoms with Crippen molar-refractivity contribution in [1.29, 1.82) is 0 Å². The number of aliphatic imine (C=N–C) groups is 1. The monoisotopic (exact) mass is 384 g/mol. The smallest absolute Gasteiger partial charge is 0.226 e. The SMILES string of the molecule is CCNC(=NCc1ccc(N2CCCCC2=O)cc1)NCCc1cccs1. The van der Waals surface area contributed by atoms with E-state index >= 15 is 0 Å².